The predicted octanol–water partition coefficient (Wildman–Crippen LogP) is 0.422. The van der Waals surface area contributed by atoms with Crippen molar-refractivity contribution in [1.29, 1.82) is 5.26 Å². The van der Waals surface area contributed by atoms with E-state index in [2.05, 4.69) is 6.07 Å². The summed E-state index contributed by atoms with van der Waals surface area (Å²) in [5.74, 6) is 0.290. The van der Waals surface area contributed by atoms with Gasteiger partial charge in [0.15, 0.2) is 0 Å². The van der Waals surface area contributed by atoms with E-state index in [9.17, 15) is 5.11 Å². The SMILES string of the molecule is N#CCC1CCC(O)C(O)C1. The van der Waals surface area contributed by atoms with E-state index in [0.29, 0.717) is 25.2 Å². The van der Waals surface area contributed by atoms with Crippen molar-refractivity contribution in [3.8, 4) is 6.07 Å². The van der Waals surface area contributed by atoms with Crippen LogP contribution in [0.15, 0.2) is 0 Å². The summed E-state index contributed by atoms with van der Waals surface area (Å²) in [6, 6.07) is 2.08. The molecule has 11 heavy (non-hydrogen) atoms. The van der Waals surface area contributed by atoms with E-state index in [4.69, 9.17) is 10.4 Å². The van der Waals surface area contributed by atoms with Crippen molar-refractivity contribution in [3.05, 3.63) is 0 Å². The maximum atomic E-state index is 9.22. The molecule has 1 fully saturated rings. The number of aliphatic hydroxyl groups excluding tert-OH is 2. The van der Waals surface area contributed by atoms with Crippen LogP contribution < -0.4 is 0 Å². The number of hydrogen-bond donors (Lipinski definition) is 2. The van der Waals surface area contributed by atoms with Crippen LogP contribution in [0.2, 0.25) is 0 Å². The summed E-state index contributed by atoms with van der Waals surface area (Å²) in [4.78, 5) is 0. The molecule has 0 saturated heterocycles. The van der Waals surface area contributed by atoms with Gasteiger partial charge in [-0.1, -0.05) is 0 Å². The zero-order chi connectivity index (χ0) is 8.27. The minimum atomic E-state index is -0.609. The number of hydrogen-bond acceptors (Lipinski definition) is 3. The Balaban J connectivity index is 2.35. The molecule has 62 valence electrons. The molecule has 3 heteroatoms. The van der Waals surface area contributed by atoms with E-state index in [1.807, 2.05) is 0 Å². The normalized spacial score (nSPS) is 38.1. The summed E-state index contributed by atoms with van der Waals surface area (Å²) in [7, 11) is 0. The Kier molecular flexibility index (Phi) is 2.86. The minimum Gasteiger partial charge on any atom is -0.390 e. The molecule has 1 saturated carbocycles. The lowest BCUT2D eigenvalue weighted by molar-refractivity contribution is -0.0246. The summed E-state index contributed by atoms with van der Waals surface area (Å²) in [6.07, 6.45) is 1.41. The van der Waals surface area contributed by atoms with Crippen molar-refractivity contribution in [2.75, 3.05) is 0 Å². The van der Waals surface area contributed by atoms with Crippen molar-refractivity contribution < 1.29 is 10.2 Å². The maximum Gasteiger partial charge on any atom is 0.0802 e. The number of nitriles is 1. The Hall–Kier alpha value is -0.590. The number of aliphatic hydroxyl groups is 2. The quantitative estimate of drug-likeness (QED) is 0.577. The van der Waals surface area contributed by atoms with Gasteiger partial charge in [0.25, 0.3) is 0 Å². The molecule has 0 spiro atoms. The van der Waals surface area contributed by atoms with Crippen LogP contribution in [0.4, 0.5) is 0 Å². The summed E-state index contributed by atoms with van der Waals surface area (Å²) in [5.41, 5.74) is 0. The van der Waals surface area contributed by atoms with Crippen LogP contribution in [-0.2, 0) is 0 Å². The summed E-state index contributed by atoms with van der Waals surface area (Å²) < 4.78 is 0. The molecule has 2 N–H and O–H groups in total. The highest BCUT2D eigenvalue weighted by Crippen LogP contribution is 2.26. The molecule has 0 aliphatic heterocycles. The van der Waals surface area contributed by atoms with Gasteiger partial charge in [0.1, 0.15) is 0 Å². The van der Waals surface area contributed by atoms with E-state index in [1.165, 1.54) is 0 Å². The second kappa shape index (κ2) is 3.70. The fraction of sp³-hybridized carbons (Fsp3) is 0.875. The molecule has 0 aromatic heterocycles. The van der Waals surface area contributed by atoms with Crippen molar-refractivity contribution in [2.45, 2.75) is 37.9 Å². The lowest BCUT2D eigenvalue weighted by atomic mass is 9.84. The Morgan fingerprint density at radius 1 is 1.27 bits per heavy atom. The second-order valence-electron chi connectivity index (χ2n) is 3.18. The van der Waals surface area contributed by atoms with Gasteiger partial charge < -0.3 is 10.2 Å². The molecule has 0 aromatic rings. The molecule has 3 unspecified atom stereocenters. The molecular formula is C8H13NO2. The molecule has 1 aliphatic carbocycles. The molecule has 3 nitrogen and oxygen atoms in total. The first-order chi connectivity index (χ1) is 5.24. The van der Waals surface area contributed by atoms with Crippen molar-refractivity contribution in [1.82, 2.24) is 0 Å². The fourth-order valence-electron chi connectivity index (χ4n) is 1.53. The van der Waals surface area contributed by atoms with Gasteiger partial charge in [-0.25, -0.2) is 0 Å². The molecule has 1 aliphatic rings. The number of rotatable bonds is 1. The third-order valence-corrected chi connectivity index (χ3v) is 2.27. The number of nitrogens with zero attached hydrogens (tertiary/aromatic N) is 1. The Morgan fingerprint density at radius 3 is 2.55 bits per heavy atom. The second-order valence-corrected chi connectivity index (χ2v) is 3.18. The largest absolute Gasteiger partial charge is 0.390 e. The van der Waals surface area contributed by atoms with Crippen molar-refractivity contribution in [2.24, 2.45) is 5.92 Å². The maximum absolute atomic E-state index is 9.22. The van der Waals surface area contributed by atoms with Gasteiger partial charge in [-0.15, -0.1) is 0 Å². The Bertz CT molecular complexity index is 164. The minimum absolute atomic E-state index is 0.290. The van der Waals surface area contributed by atoms with Crippen LogP contribution in [-0.4, -0.2) is 22.4 Å². The van der Waals surface area contributed by atoms with Gasteiger partial charge in [0.05, 0.1) is 18.3 Å². The first kappa shape index (κ1) is 8.51. The molecular weight excluding hydrogens is 142 g/mol. The third kappa shape index (κ3) is 2.18. The molecule has 0 bridgehead atoms. The first-order valence-electron chi connectivity index (χ1n) is 3.97. The van der Waals surface area contributed by atoms with Crippen LogP contribution in [0.1, 0.15) is 25.7 Å². The van der Waals surface area contributed by atoms with E-state index >= 15 is 0 Å². The van der Waals surface area contributed by atoms with Gasteiger partial charge >= 0.3 is 0 Å². The predicted molar refractivity (Wildman–Crippen MR) is 39.6 cm³/mol. The highest BCUT2D eigenvalue weighted by atomic mass is 16.3. The van der Waals surface area contributed by atoms with E-state index in [0.717, 1.165) is 6.42 Å². The lowest BCUT2D eigenvalue weighted by Crippen LogP contribution is -2.33. The standard InChI is InChI=1S/C8H13NO2/c9-4-3-6-1-2-7(10)8(11)5-6/h6-8,10-11H,1-3,5H2. The van der Waals surface area contributed by atoms with Crippen LogP contribution in [0, 0.1) is 17.2 Å². The van der Waals surface area contributed by atoms with Gasteiger partial charge in [0.2, 0.25) is 0 Å². The smallest absolute Gasteiger partial charge is 0.0802 e. The topological polar surface area (TPSA) is 64.2 Å². The monoisotopic (exact) mass is 155 g/mol. The molecule has 0 amide bonds. The van der Waals surface area contributed by atoms with Crippen LogP contribution >= 0.6 is 0 Å². The van der Waals surface area contributed by atoms with E-state index in [-0.39, 0.29) is 0 Å². The lowest BCUT2D eigenvalue weighted by Gasteiger charge is -2.28. The summed E-state index contributed by atoms with van der Waals surface area (Å²) in [5, 5.41) is 26.7. The highest BCUT2D eigenvalue weighted by molar-refractivity contribution is 4.84. The van der Waals surface area contributed by atoms with E-state index < -0.39 is 12.2 Å². The average molecular weight is 155 g/mol. The van der Waals surface area contributed by atoms with Crippen LogP contribution in [0.5, 0.6) is 0 Å². The first-order valence-corrected chi connectivity index (χ1v) is 3.97. The molecule has 0 aromatic carbocycles. The molecule has 3 atom stereocenters. The highest BCUT2D eigenvalue weighted by Gasteiger charge is 2.26. The molecule has 0 heterocycles. The zero-order valence-electron chi connectivity index (χ0n) is 6.40. The van der Waals surface area contributed by atoms with E-state index in [1.54, 1.807) is 0 Å². The van der Waals surface area contributed by atoms with Gasteiger partial charge in [0, 0.05) is 6.42 Å². The summed E-state index contributed by atoms with van der Waals surface area (Å²) >= 11 is 0. The average Bonchev–Trinajstić information content (AvgIpc) is 1.98. The third-order valence-electron chi connectivity index (χ3n) is 2.27. The summed E-state index contributed by atoms with van der Waals surface area (Å²) in [6.45, 7) is 0. The zero-order valence-corrected chi connectivity index (χ0v) is 6.40. The fourth-order valence-corrected chi connectivity index (χ4v) is 1.53. The van der Waals surface area contributed by atoms with Gasteiger partial charge in [-0.05, 0) is 25.2 Å². The Labute approximate surface area is 66.3 Å². The van der Waals surface area contributed by atoms with Crippen molar-refractivity contribution >= 4 is 0 Å². The van der Waals surface area contributed by atoms with Crippen LogP contribution in [0.3, 0.4) is 0 Å². The van der Waals surface area contributed by atoms with Crippen LogP contribution in [0.25, 0.3) is 0 Å². The molecule has 1 rings (SSSR count). The van der Waals surface area contributed by atoms with Gasteiger partial charge in [-0.2, -0.15) is 5.26 Å². The molecule has 0 radical (unpaired) electrons. The van der Waals surface area contributed by atoms with Crippen molar-refractivity contribution in [3.63, 3.8) is 0 Å². The van der Waals surface area contributed by atoms with Gasteiger partial charge in [-0.3, -0.25) is 0 Å². The Morgan fingerprint density at radius 2 is 2.00 bits per heavy atom.